The van der Waals surface area contributed by atoms with E-state index < -0.39 is 33.2 Å². The highest BCUT2D eigenvalue weighted by atomic mass is 32.2. The minimum Gasteiger partial charge on any atom is -0.481 e. The van der Waals surface area contributed by atoms with Gasteiger partial charge in [-0.1, -0.05) is 0 Å². The molecule has 136 valence electrons. The molecule has 3 N–H and O–H groups in total. The van der Waals surface area contributed by atoms with E-state index >= 15 is 0 Å². The minimum absolute atomic E-state index is 0.0789. The number of thioether (sulfide) groups is 1. The van der Waals surface area contributed by atoms with Crippen molar-refractivity contribution in [1.29, 1.82) is 0 Å². The van der Waals surface area contributed by atoms with Crippen molar-refractivity contribution in [1.82, 2.24) is 4.31 Å². The molecule has 0 bridgehead atoms. The average Bonchev–Trinajstić information content (AvgIpc) is 3.04. The molecular weight excluding hydrogens is 372 g/mol. The lowest BCUT2D eigenvalue weighted by Crippen LogP contribution is -2.39. The number of amides is 1. The monoisotopic (exact) mass is 388 g/mol. The Kier molecular flexibility index (Phi) is 6.03. The van der Waals surface area contributed by atoms with Gasteiger partial charge in [0.2, 0.25) is 15.9 Å². The fraction of sp³-hybridized carbons (Fsp3) is 0.357. The Bertz CT molecular complexity index is 777. The normalized spacial score (nSPS) is 18.0. The molecule has 1 aromatic rings. The number of carboxylic acids is 2. The molecule has 1 aromatic carbocycles. The molecule has 0 radical (unpaired) electrons. The lowest BCUT2D eigenvalue weighted by Gasteiger charge is -2.20. The van der Waals surface area contributed by atoms with Crippen LogP contribution in [0.3, 0.4) is 0 Å². The summed E-state index contributed by atoms with van der Waals surface area (Å²) < 4.78 is 26.0. The molecule has 1 amide bonds. The number of aliphatic carboxylic acids is 2. The summed E-state index contributed by atoms with van der Waals surface area (Å²) in [6.07, 6.45) is -0.498. The van der Waals surface area contributed by atoms with Crippen molar-refractivity contribution in [2.24, 2.45) is 0 Å². The quantitative estimate of drug-likeness (QED) is 0.618. The highest BCUT2D eigenvalue weighted by molar-refractivity contribution is 8.02. The van der Waals surface area contributed by atoms with E-state index in [1.54, 1.807) is 0 Å². The van der Waals surface area contributed by atoms with Crippen LogP contribution in [0.25, 0.3) is 0 Å². The second-order valence-electron chi connectivity index (χ2n) is 5.14. The summed E-state index contributed by atoms with van der Waals surface area (Å²) in [4.78, 5) is 33.1. The van der Waals surface area contributed by atoms with Crippen LogP contribution in [0.1, 0.15) is 12.8 Å². The zero-order chi connectivity index (χ0) is 18.6. The van der Waals surface area contributed by atoms with Crippen LogP contribution in [0.5, 0.6) is 0 Å². The van der Waals surface area contributed by atoms with E-state index in [1.165, 1.54) is 24.3 Å². The lowest BCUT2D eigenvalue weighted by atomic mass is 10.2. The molecule has 1 unspecified atom stereocenters. The van der Waals surface area contributed by atoms with E-state index in [-0.39, 0.29) is 24.3 Å². The van der Waals surface area contributed by atoms with Gasteiger partial charge in [-0.2, -0.15) is 4.31 Å². The first-order valence-corrected chi connectivity index (χ1v) is 9.68. The Balaban J connectivity index is 2.09. The van der Waals surface area contributed by atoms with Gasteiger partial charge in [0.1, 0.15) is 0 Å². The molecule has 1 heterocycles. The number of hydrogen-bond acceptors (Lipinski definition) is 6. The zero-order valence-corrected chi connectivity index (χ0v) is 14.5. The molecule has 1 aliphatic heterocycles. The largest absolute Gasteiger partial charge is 0.481 e. The third kappa shape index (κ3) is 4.71. The van der Waals surface area contributed by atoms with Gasteiger partial charge in [-0.05, 0) is 24.3 Å². The maximum absolute atomic E-state index is 12.6. The first kappa shape index (κ1) is 19.2. The van der Waals surface area contributed by atoms with E-state index in [0.29, 0.717) is 11.4 Å². The van der Waals surface area contributed by atoms with Gasteiger partial charge in [-0.3, -0.25) is 9.59 Å². The van der Waals surface area contributed by atoms with Crippen LogP contribution in [0, 0.1) is 0 Å². The van der Waals surface area contributed by atoms with Crippen LogP contribution in [-0.2, 0) is 24.4 Å². The fourth-order valence-electron chi connectivity index (χ4n) is 2.18. The van der Waals surface area contributed by atoms with Gasteiger partial charge in [0.05, 0.1) is 11.3 Å². The van der Waals surface area contributed by atoms with Crippen molar-refractivity contribution in [3.05, 3.63) is 24.3 Å². The van der Waals surface area contributed by atoms with Gasteiger partial charge in [0.15, 0.2) is 5.37 Å². The first-order valence-electron chi connectivity index (χ1n) is 7.20. The van der Waals surface area contributed by atoms with Crippen LogP contribution in [0.15, 0.2) is 29.2 Å². The van der Waals surface area contributed by atoms with Crippen molar-refractivity contribution in [2.75, 3.05) is 17.6 Å². The SMILES string of the molecule is O=C(O)CCC(=O)Nc1ccc(S(=O)(=O)N2CCSC2C(=O)O)cc1. The number of nitrogens with zero attached hydrogens (tertiary/aromatic N) is 1. The molecule has 1 atom stereocenters. The number of nitrogens with one attached hydrogen (secondary N) is 1. The Morgan fingerprint density at radius 1 is 1.16 bits per heavy atom. The van der Waals surface area contributed by atoms with E-state index in [1.807, 2.05) is 0 Å². The smallest absolute Gasteiger partial charge is 0.332 e. The van der Waals surface area contributed by atoms with Crippen LogP contribution in [-0.4, -0.2) is 58.5 Å². The molecule has 1 fully saturated rings. The first-order chi connectivity index (χ1) is 11.7. The maximum atomic E-state index is 12.6. The molecule has 1 saturated heterocycles. The summed E-state index contributed by atoms with van der Waals surface area (Å²) in [5, 5.41) is 18.9. The van der Waals surface area contributed by atoms with Gasteiger partial charge in [-0.15, -0.1) is 11.8 Å². The molecular formula is C14H16N2O7S2. The van der Waals surface area contributed by atoms with Crippen LogP contribution >= 0.6 is 11.8 Å². The van der Waals surface area contributed by atoms with Gasteiger partial charge < -0.3 is 15.5 Å². The summed E-state index contributed by atoms with van der Waals surface area (Å²) in [5.74, 6) is -2.41. The maximum Gasteiger partial charge on any atom is 0.332 e. The molecule has 0 aromatic heterocycles. The number of anilines is 1. The van der Waals surface area contributed by atoms with E-state index in [9.17, 15) is 22.8 Å². The minimum atomic E-state index is -3.96. The molecule has 0 spiro atoms. The average molecular weight is 388 g/mol. The van der Waals surface area contributed by atoms with Crippen LogP contribution < -0.4 is 5.32 Å². The second-order valence-corrected chi connectivity index (χ2v) is 8.22. The Hall–Kier alpha value is -2.11. The summed E-state index contributed by atoms with van der Waals surface area (Å²) in [6, 6.07) is 5.27. The number of benzene rings is 1. The number of rotatable bonds is 7. The molecule has 0 saturated carbocycles. The molecule has 9 nitrogen and oxygen atoms in total. The summed E-state index contributed by atoms with van der Waals surface area (Å²) >= 11 is 1.04. The van der Waals surface area contributed by atoms with Crippen LogP contribution in [0.2, 0.25) is 0 Å². The van der Waals surface area contributed by atoms with Crippen molar-refractivity contribution in [3.8, 4) is 0 Å². The van der Waals surface area contributed by atoms with Crippen molar-refractivity contribution in [2.45, 2.75) is 23.1 Å². The van der Waals surface area contributed by atoms with Crippen molar-refractivity contribution >= 4 is 45.3 Å². The lowest BCUT2D eigenvalue weighted by molar-refractivity contribution is -0.139. The topological polar surface area (TPSA) is 141 Å². The number of carbonyl (C=O) groups excluding carboxylic acids is 1. The molecule has 25 heavy (non-hydrogen) atoms. The van der Waals surface area contributed by atoms with E-state index in [4.69, 9.17) is 10.2 Å². The number of hydrogen-bond donors (Lipinski definition) is 3. The highest BCUT2D eigenvalue weighted by Gasteiger charge is 2.40. The zero-order valence-electron chi connectivity index (χ0n) is 12.9. The predicted octanol–water partition coefficient (Wildman–Crippen LogP) is 0.638. The Morgan fingerprint density at radius 2 is 1.80 bits per heavy atom. The molecule has 1 aliphatic rings. The Labute approximate surface area is 148 Å². The highest BCUT2D eigenvalue weighted by Crippen LogP contribution is 2.30. The predicted molar refractivity (Wildman–Crippen MR) is 89.7 cm³/mol. The third-order valence-corrected chi connectivity index (χ3v) is 6.57. The summed E-state index contributed by atoms with van der Waals surface area (Å²) in [5.41, 5.74) is 0.319. The van der Waals surface area contributed by atoms with Gasteiger partial charge in [-0.25, -0.2) is 13.2 Å². The molecule has 0 aliphatic carbocycles. The van der Waals surface area contributed by atoms with Crippen molar-refractivity contribution < 1.29 is 33.0 Å². The van der Waals surface area contributed by atoms with Gasteiger partial charge >= 0.3 is 11.9 Å². The van der Waals surface area contributed by atoms with Gasteiger partial charge in [0.25, 0.3) is 0 Å². The summed E-state index contributed by atoms with van der Waals surface area (Å²) in [7, 11) is -3.96. The number of sulfonamides is 1. The third-order valence-electron chi connectivity index (χ3n) is 3.37. The summed E-state index contributed by atoms with van der Waals surface area (Å²) in [6.45, 7) is 0.109. The van der Waals surface area contributed by atoms with Crippen molar-refractivity contribution in [3.63, 3.8) is 0 Å². The molecule has 2 rings (SSSR count). The fourth-order valence-corrected chi connectivity index (χ4v) is 5.19. The van der Waals surface area contributed by atoms with E-state index in [0.717, 1.165) is 16.1 Å². The molecule has 11 heteroatoms. The second kappa shape index (κ2) is 7.85. The van der Waals surface area contributed by atoms with E-state index in [2.05, 4.69) is 5.32 Å². The number of carboxylic acid groups (broad SMARTS) is 2. The number of carbonyl (C=O) groups is 3. The van der Waals surface area contributed by atoms with Crippen LogP contribution in [0.4, 0.5) is 5.69 Å². The Morgan fingerprint density at radius 3 is 2.36 bits per heavy atom. The van der Waals surface area contributed by atoms with Gasteiger partial charge in [0, 0.05) is 24.4 Å². The standard InChI is InChI=1S/C14H16N2O7S2/c17-11(5-6-12(18)19)15-9-1-3-10(4-2-9)25(22,23)16-7-8-24-13(16)14(20)21/h1-4,13H,5-8H2,(H,15,17)(H,18,19)(H,20,21).